The van der Waals surface area contributed by atoms with E-state index < -0.39 is 5.41 Å². The molecule has 0 saturated heterocycles. The minimum Gasteiger partial charge on any atom is -0.310 e. The van der Waals surface area contributed by atoms with Crippen LogP contribution >= 0.6 is 0 Å². The first-order chi connectivity index (χ1) is 30.3. The molecule has 0 aliphatic heterocycles. The monoisotopic (exact) mass is 776 g/mol. The van der Waals surface area contributed by atoms with E-state index in [0.717, 1.165) is 34.1 Å². The van der Waals surface area contributed by atoms with Crippen LogP contribution in [0.1, 0.15) is 22.3 Å². The van der Waals surface area contributed by atoms with Crippen LogP contribution in [0.3, 0.4) is 0 Å². The number of hydrogen-bond acceptors (Lipinski definition) is 2. The molecule has 286 valence electrons. The first-order valence-electron chi connectivity index (χ1n) is 21.1. The lowest BCUT2D eigenvalue weighted by atomic mass is 9.69. The summed E-state index contributed by atoms with van der Waals surface area (Å²) < 4.78 is 0. The van der Waals surface area contributed by atoms with E-state index >= 15 is 0 Å². The molecule has 1 atom stereocenters. The molecule has 0 radical (unpaired) electrons. The average Bonchev–Trinajstić information content (AvgIpc) is 3.80. The first-order valence-corrected chi connectivity index (χ1v) is 21.1. The lowest BCUT2D eigenvalue weighted by Gasteiger charge is -2.34. The molecule has 0 N–H and O–H groups in total. The number of hydrogen-bond donors (Lipinski definition) is 0. The molecule has 12 rings (SSSR count). The fraction of sp³-hybridized carbons (Fsp3) is 0.0169. The summed E-state index contributed by atoms with van der Waals surface area (Å²) in [5.41, 5.74) is 18.9. The van der Waals surface area contributed by atoms with Gasteiger partial charge in [-0.05, 0) is 116 Å². The van der Waals surface area contributed by atoms with E-state index in [1.165, 1.54) is 66.4 Å². The largest absolute Gasteiger partial charge is 0.310 e. The Hall–Kier alpha value is -7.94. The van der Waals surface area contributed by atoms with Gasteiger partial charge in [-0.2, -0.15) is 0 Å². The molecule has 0 bridgehead atoms. The molecule has 0 aromatic heterocycles. The van der Waals surface area contributed by atoms with Crippen LogP contribution in [0.4, 0.5) is 34.1 Å². The second-order valence-corrected chi connectivity index (χ2v) is 16.0. The third-order valence-electron chi connectivity index (χ3n) is 12.8. The Morgan fingerprint density at radius 2 is 0.705 bits per heavy atom. The Morgan fingerprint density at radius 3 is 1.31 bits per heavy atom. The van der Waals surface area contributed by atoms with Gasteiger partial charge in [-0.1, -0.05) is 182 Å². The fourth-order valence-corrected chi connectivity index (χ4v) is 10.4. The number of rotatable bonds is 7. The highest BCUT2D eigenvalue weighted by Gasteiger charge is 2.53. The smallest absolute Gasteiger partial charge is 0.0732 e. The maximum absolute atomic E-state index is 2.50. The van der Waals surface area contributed by atoms with Crippen LogP contribution in [-0.2, 0) is 5.41 Å². The van der Waals surface area contributed by atoms with E-state index in [9.17, 15) is 0 Å². The van der Waals surface area contributed by atoms with Gasteiger partial charge >= 0.3 is 0 Å². The third kappa shape index (κ3) is 5.29. The zero-order valence-corrected chi connectivity index (χ0v) is 33.5. The van der Waals surface area contributed by atoms with E-state index in [1.54, 1.807) is 0 Å². The summed E-state index contributed by atoms with van der Waals surface area (Å²) in [5.74, 6) is 0. The van der Waals surface area contributed by atoms with Crippen molar-refractivity contribution in [3.8, 4) is 33.4 Å². The van der Waals surface area contributed by atoms with Crippen molar-refractivity contribution < 1.29 is 0 Å². The van der Waals surface area contributed by atoms with E-state index in [4.69, 9.17) is 0 Å². The van der Waals surface area contributed by atoms with Crippen molar-refractivity contribution in [1.29, 1.82) is 0 Å². The van der Waals surface area contributed by atoms with Crippen LogP contribution in [0.5, 0.6) is 0 Å². The minimum atomic E-state index is -0.572. The number of benzene rings is 10. The summed E-state index contributed by atoms with van der Waals surface area (Å²) in [6.07, 6.45) is 0. The summed E-state index contributed by atoms with van der Waals surface area (Å²) in [6, 6.07) is 89.0. The van der Waals surface area contributed by atoms with Crippen LogP contribution in [0, 0.1) is 0 Å². The second kappa shape index (κ2) is 14.1. The van der Waals surface area contributed by atoms with Crippen molar-refractivity contribution in [3.05, 3.63) is 265 Å². The topological polar surface area (TPSA) is 6.48 Å². The predicted octanol–water partition coefficient (Wildman–Crippen LogP) is 15.8. The summed E-state index contributed by atoms with van der Waals surface area (Å²) >= 11 is 0. The van der Waals surface area contributed by atoms with E-state index in [0.29, 0.717) is 0 Å². The Bertz CT molecular complexity index is 3210. The lowest BCUT2D eigenvalue weighted by molar-refractivity contribution is 0.801. The molecular formula is C59H40N2. The van der Waals surface area contributed by atoms with Gasteiger partial charge in [0.1, 0.15) is 0 Å². The number of anilines is 6. The molecule has 10 aromatic rings. The number of nitrogens with zero attached hydrogens (tertiary/aromatic N) is 2. The highest BCUT2D eigenvalue weighted by atomic mass is 15.1. The van der Waals surface area contributed by atoms with Crippen LogP contribution in [0.15, 0.2) is 243 Å². The van der Waals surface area contributed by atoms with Crippen molar-refractivity contribution in [2.75, 3.05) is 9.80 Å². The molecule has 1 spiro atoms. The molecule has 2 heteroatoms. The van der Waals surface area contributed by atoms with Crippen LogP contribution in [0.2, 0.25) is 0 Å². The fourth-order valence-electron chi connectivity index (χ4n) is 10.4. The molecular weight excluding hydrogens is 737 g/mol. The normalized spacial score (nSPS) is 14.3. The van der Waals surface area contributed by atoms with Crippen LogP contribution < -0.4 is 9.80 Å². The summed E-state index contributed by atoms with van der Waals surface area (Å²) in [7, 11) is 0. The van der Waals surface area contributed by atoms with Gasteiger partial charge < -0.3 is 9.80 Å². The van der Waals surface area contributed by atoms with Crippen molar-refractivity contribution in [2.24, 2.45) is 0 Å². The van der Waals surface area contributed by atoms with Gasteiger partial charge in [0.2, 0.25) is 0 Å². The van der Waals surface area contributed by atoms with Gasteiger partial charge in [0, 0.05) is 33.7 Å². The minimum absolute atomic E-state index is 0.572. The van der Waals surface area contributed by atoms with Crippen LogP contribution in [-0.4, -0.2) is 0 Å². The highest BCUT2D eigenvalue weighted by Crippen LogP contribution is 2.65. The SMILES string of the molecule is c1ccc(-c2ccccc2N(c2ccccc2)c2ccc3c(c2)C2(c4ccccc4-3)c3ccccc3-c3cc(N(c4ccccc4)c4ccccc4)c4ccccc4c32)cc1. The molecule has 1 unspecified atom stereocenters. The quantitative estimate of drug-likeness (QED) is 0.159. The summed E-state index contributed by atoms with van der Waals surface area (Å²) in [5, 5.41) is 2.47. The van der Waals surface area contributed by atoms with Gasteiger partial charge in [-0.3, -0.25) is 0 Å². The molecule has 10 aromatic carbocycles. The standard InChI is InChI=1S/C59H40N2/c1-5-21-41(22-6-1)46-29-17-20-36-56(46)61(44-27-11-4-12-28-44)45-37-38-49-47-30-15-18-34-53(47)59(55(49)39-45)54-35-19-16-31-48(54)52-40-57(50-32-13-14-33-51(50)58(52)59)60(42-23-7-2-8-24-42)43-25-9-3-10-26-43/h1-40H. The maximum atomic E-state index is 2.50. The van der Waals surface area contributed by atoms with Gasteiger partial charge in [-0.25, -0.2) is 0 Å². The van der Waals surface area contributed by atoms with Crippen molar-refractivity contribution >= 4 is 44.9 Å². The molecule has 2 aliphatic carbocycles. The molecule has 0 saturated carbocycles. The average molecular weight is 777 g/mol. The molecule has 0 fully saturated rings. The summed E-state index contributed by atoms with van der Waals surface area (Å²) in [4.78, 5) is 4.87. The first kappa shape index (κ1) is 35.0. The molecule has 0 amide bonds. The van der Waals surface area contributed by atoms with Crippen molar-refractivity contribution in [3.63, 3.8) is 0 Å². The number of fused-ring (bicyclic) bond motifs is 12. The molecule has 2 nitrogen and oxygen atoms in total. The van der Waals surface area contributed by atoms with Gasteiger partial charge in [-0.15, -0.1) is 0 Å². The highest BCUT2D eigenvalue weighted by molar-refractivity contribution is 6.10. The zero-order chi connectivity index (χ0) is 40.3. The Kier molecular flexibility index (Phi) is 8.11. The van der Waals surface area contributed by atoms with Crippen LogP contribution in [0.25, 0.3) is 44.2 Å². The molecule has 2 aliphatic rings. The second-order valence-electron chi connectivity index (χ2n) is 16.0. The maximum Gasteiger partial charge on any atom is 0.0732 e. The zero-order valence-electron chi connectivity index (χ0n) is 33.5. The van der Waals surface area contributed by atoms with E-state index in [1.807, 2.05) is 0 Å². The third-order valence-corrected chi connectivity index (χ3v) is 12.8. The number of para-hydroxylation sites is 4. The van der Waals surface area contributed by atoms with E-state index in [-0.39, 0.29) is 0 Å². The van der Waals surface area contributed by atoms with Crippen molar-refractivity contribution in [1.82, 2.24) is 0 Å². The summed E-state index contributed by atoms with van der Waals surface area (Å²) in [6.45, 7) is 0. The van der Waals surface area contributed by atoms with Gasteiger partial charge in [0.15, 0.2) is 0 Å². The van der Waals surface area contributed by atoms with Gasteiger partial charge in [0.25, 0.3) is 0 Å². The Labute approximate surface area is 356 Å². The molecule has 0 heterocycles. The lowest BCUT2D eigenvalue weighted by Crippen LogP contribution is -2.26. The predicted molar refractivity (Wildman–Crippen MR) is 255 cm³/mol. The van der Waals surface area contributed by atoms with Crippen molar-refractivity contribution in [2.45, 2.75) is 5.41 Å². The van der Waals surface area contributed by atoms with E-state index in [2.05, 4.69) is 252 Å². The molecule has 61 heavy (non-hydrogen) atoms. The Morgan fingerprint density at radius 1 is 0.262 bits per heavy atom. The Balaban J connectivity index is 1.16. The van der Waals surface area contributed by atoms with Gasteiger partial charge in [0.05, 0.1) is 16.8 Å².